The van der Waals surface area contributed by atoms with Crippen molar-refractivity contribution in [3.8, 4) is 11.3 Å². The van der Waals surface area contributed by atoms with E-state index < -0.39 is 0 Å². The molecule has 1 amide bonds. The Hall–Kier alpha value is -3.41. The molecule has 0 aliphatic carbocycles. The number of pyridine rings is 1. The van der Waals surface area contributed by atoms with Crippen molar-refractivity contribution in [2.75, 3.05) is 6.54 Å². The molecule has 27 heavy (non-hydrogen) atoms. The summed E-state index contributed by atoms with van der Waals surface area (Å²) in [5.41, 5.74) is 5.72. The Morgan fingerprint density at radius 2 is 2.04 bits per heavy atom. The van der Waals surface area contributed by atoms with Gasteiger partial charge in [0.1, 0.15) is 5.65 Å². The fourth-order valence-corrected chi connectivity index (χ4v) is 3.81. The van der Waals surface area contributed by atoms with E-state index in [1.165, 1.54) is 0 Å². The summed E-state index contributed by atoms with van der Waals surface area (Å²) in [6.45, 7) is 1.30. The molecule has 0 unspecified atom stereocenters. The lowest BCUT2D eigenvalue weighted by Crippen LogP contribution is -2.26. The largest absolute Gasteiger partial charge is 0.334 e. The molecule has 0 N–H and O–H groups in total. The molecule has 0 saturated carbocycles. The maximum atomic E-state index is 13.1. The van der Waals surface area contributed by atoms with Crippen LogP contribution in [0.3, 0.4) is 0 Å². The van der Waals surface area contributed by atoms with Crippen molar-refractivity contribution >= 4 is 11.6 Å². The normalized spacial score (nSPS) is 13.5. The van der Waals surface area contributed by atoms with Crippen molar-refractivity contribution in [2.24, 2.45) is 7.05 Å². The quantitative estimate of drug-likeness (QED) is 0.564. The number of fused-ring (bicyclic) bond motifs is 2. The van der Waals surface area contributed by atoms with E-state index in [0.717, 1.165) is 40.1 Å². The molecule has 4 heterocycles. The van der Waals surface area contributed by atoms with Crippen LogP contribution in [0.5, 0.6) is 0 Å². The lowest BCUT2D eigenvalue weighted by atomic mass is 10.0. The molecule has 1 aromatic carbocycles. The van der Waals surface area contributed by atoms with Gasteiger partial charge in [0.15, 0.2) is 0 Å². The molecule has 6 heteroatoms. The van der Waals surface area contributed by atoms with Crippen molar-refractivity contribution in [3.05, 3.63) is 77.9 Å². The fourth-order valence-electron chi connectivity index (χ4n) is 3.81. The van der Waals surface area contributed by atoms with E-state index in [4.69, 9.17) is 0 Å². The molecule has 0 spiro atoms. The maximum Gasteiger partial charge on any atom is 0.255 e. The van der Waals surface area contributed by atoms with E-state index in [0.29, 0.717) is 13.1 Å². The van der Waals surface area contributed by atoms with E-state index in [2.05, 4.69) is 10.1 Å². The fraction of sp³-hybridized carbons (Fsp3) is 0.190. The van der Waals surface area contributed by atoms with Crippen LogP contribution in [-0.4, -0.2) is 36.5 Å². The summed E-state index contributed by atoms with van der Waals surface area (Å²) >= 11 is 0. The Morgan fingerprint density at radius 1 is 1.11 bits per heavy atom. The van der Waals surface area contributed by atoms with Crippen LogP contribution in [0.15, 0.2) is 61.1 Å². The number of nitrogens with zero attached hydrogens (tertiary/aromatic N) is 5. The molecule has 3 aromatic heterocycles. The topological polar surface area (TPSA) is 55.4 Å². The van der Waals surface area contributed by atoms with Gasteiger partial charge >= 0.3 is 0 Å². The molecule has 5 rings (SSSR count). The summed E-state index contributed by atoms with van der Waals surface area (Å²) in [7, 11) is 1.90. The second-order valence-corrected chi connectivity index (χ2v) is 6.85. The van der Waals surface area contributed by atoms with Gasteiger partial charge in [0.05, 0.1) is 17.0 Å². The van der Waals surface area contributed by atoms with Gasteiger partial charge in [-0.1, -0.05) is 24.3 Å². The Kier molecular flexibility index (Phi) is 3.57. The summed E-state index contributed by atoms with van der Waals surface area (Å²) in [5, 5.41) is 4.24. The summed E-state index contributed by atoms with van der Waals surface area (Å²) in [4.78, 5) is 19.6. The maximum absolute atomic E-state index is 13.1. The first-order valence-corrected chi connectivity index (χ1v) is 9.03. The standard InChI is InChI=1S/C21H19N5O/c1-24-18(8-10-22-24)17-6-4-5-15-13-26(21(27)20(15)17)12-9-16-14-25-11-3-2-7-19(25)23-16/h2-8,10-11,14H,9,12-13H2,1H3. The smallest absolute Gasteiger partial charge is 0.255 e. The summed E-state index contributed by atoms with van der Waals surface area (Å²) in [6, 6.07) is 14.0. The predicted molar refractivity (Wildman–Crippen MR) is 102 cm³/mol. The number of rotatable bonds is 4. The van der Waals surface area contributed by atoms with Gasteiger partial charge in [0, 0.05) is 50.7 Å². The molecule has 1 aliphatic heterocycles. The zero-order valence-corrected chi connectivity index (χ0v) is 15.0. The minimum atomic E-state index is 0.0885. The Morgan fingerprint density at radius 3 is 2.85 bits per heavy atom. The molecule has 0 fully saturated rings. The Labute approximate surface area is 156 Å². The van der Waals surface area contributed by atoms with E-state index in [1.807, 2.05) is 75.9 Å². The number of imidazole rings is 1. The number of aromatic nitrogens is 4. The first-order chi connectivity index (χ1) is 13.2. The van der Waals surface area contributed by atoms with Gasteiger partial charge in [0.2, 0.25) is 0 Å². The van der Waals surface area contributed by atoms with Gasteiger partial charge in [-0.05, 0) is 23.8 Å². The summed E-state index contributed by atoms with van der Waals surface area (Å²) in [5.74, 6) is 0.0885. The number of hydrogen-bond donors (Lipinski definition) is 0. The van der Waals surface area contributed by atoms with Gasteiger partial charge in [0.25, 0.3) is 5.91 Å². The number of carbonyl (C=O) groups excluding carboxylic acids is 1. The average molecular weight is 357 g/mol. The second-order valence-electron chi connectivity index (χ2n) is 6.85. The van der Waals surface area contributed by atoms with Crippen LogP contribution in [0, 0.1) is 0 Å². The van der Waals surface area contributed by atoms with Crippen LogP contribution in [0.2, 0.25) is 0 Å². The van der Waals surface area contributed by atoms with Crippen LogP contribution < -0.4 is 0 Å². The molecule has 134 valence electrons. The van der Waals surface area contributed by atoms with Crippen molar-refractivity contribution < 1.29 is 4.79 Å². The second kappa shape index (κ2) is 6.09. The third kappa shape index (κ3) is 2.61. The van der Waals surface area contributed by atoms with Crippen LogP contribution in [0.25, 0.3) is 16.9 Å². The van der Waals surface area contributed by atoms with E-state index >= 15 is 0 Å². The first-order valence-electron chi connectivity index (χ1n) is 9.03. The molecule has 0 atom stereocenters. The molecular weight excluding hydrogens is 338 g/mol. The molecule has 4 aromatic rings. The van der Waals surface area contributed by atoms with Crippen LogP contribution in [0.4, 0.5) is 0 Å². The van der Waals surface area contributed by atoms with Crippen molar-refractivity contribution in [2.45, 2.75) is 13.0 Å². The lowest BCUT2D eigenvalue weighted by molar-refractivity contribution is 0.0780. The molecule has 6 nitrogen and oxygen atoms in total. The summed E-state index contributed by atoms with van der Waals surface area (Å²) in [6.07, 6.45) is 6.52. The van der Waals surface area contributed by atoms with E-state index in [9.17, 15) is 4.79 Å². The third-order valence-electron chi connectivity index (χ3n) is 5.16. The van der Waals surface area contributed by atoms with E-state index in [1.54, 1.807) is 6.20 Å². The summed E-state index contributed by atoms with van der Waals surface area (Å²) < 4.78 is 3.82. The van der Waals surface area contributed by atoms with Gasteiger partial charge in [-0.2, -0.15) is 5.10 Å². The molecule has 1 aliphatic rings. The minimum absolute atomic E-state index is 0.0885. The van der Waals surface area contributed by atoms with Crippen LogP contribution >= 0.6 is 0 Å². The zero-order valence-electron chi connectivity index (χ0n) is 15.0. The van der Waals surface area contributed by atoms with Crippen molar-refractivity contribution in [1.82, 2.24) is 24.1 Å². The monoisotopic (exact) mass is 357 g/mol. The number of aryl methyl sites for hydroxylation is 1. The Bertz CT molecular complexity index is 1120. The highest BCUT2D eigenvalue weighted by atomic mass is 16.2. The van der Waals surface area contributed by atoms with Gasteiger partial charge in [-0.3, -0.25) is 9.48 Å². The SMILES string of the molecule is Cn1nccc1-c1cccc2c1C(=O)N(CCc1cn3ccccc3n1)C2. The van der Waals surface area contributed by atoms with Gasteiger partial charge in [-0.25, -0.2) is 4.98 Å². The van der Waals surface area contributed by atoms with Crippen LogP contribution in [-0.2, 0) is 20.0 Å². The molecule has 0 radical (unpaired) electrons. The van der Waals surface area contributed by atoms with E-state index in [-0.39, 0.29) is 5.91 Å². The average Bonchev–Trinajstić information content (AvgIpc) is 3.37. The Balaban J connectivity index is 1.39. The number of amides is 1. The highest BCUT2D eigenvalue weighted by Crippen LogP contribution is 2.32. The lowest BCUT2D eigenvalue weighted by Gasteiger charge is -2.14. The van der Waals surface area contributed by atoms with Gasteiger partial charge < -0.3 is 9.30 Å². The number of hydrogen-bond acceptors (Lipinski definition) is 3. The highest BCUT2D eigenvalue weighted by molar-refractivity contribution is 6.04. The molecule has 0 bridgehead atoms. The van der Waals surface area contributed by atoms with Crippen molar-refractivity contribution in [1.29, 1.82) is 0 Å². The van der Waals surface area contributed by atoms with Crippen molar-refractivity contribution in [3.63, 3.8) is 0 Å². The molecule has 0 saturated heterocycles. The third-order valence-corrected chi connectivity index (χ3v) is 5.16. The first kappa shape index (κ1) is 15.8. The van der Waals surface area contributed by atoms with Crippen LogP contribution in [0.1, 0.15) is 21.6 Å². The minimum Gasteiger partial charge on any atom is -0.334 e. The predicted octanol–water partition coefficient (Wildman–Crippen LogP) is 2.93. The zero-order chi connectivity index (χ0) is 18.4. The number of benzene rings is 1. The highest BCUT2D eigenvalue weighted by Gasteiger charge is 2.30. The molecular formula is C21H19N5O. The van der Waals surface area contributed by atoms with Gasteiger partial charge in [-0.15, -0.1) is 0 Å². The number of carbonyl (C=O) groups is 1.